The zero-order valence-corrected chi connectivity index (χ0v) is 25.2. The summed E-state index contributed by atoms with van der Waals surface area (Å²) < 4.78 is 44.5. The maximum Gasteiger partial charge on any atom is 0.407 e. The van der Waals surface area contributed by atoms with Gasteiger partial charge in [0, 0.05) is 19.5 Å². The van der Waals surface area contributed by atoms with Crippen molar-refractivity contribution in [2.24, 2.45) is 5.92 Å². The van der Waals surface area contributed by atoms with Gasteiger partial charge in [0.1, 0.15) is 11.9 Å². The highest BCUT2D eigenvalue weighted by Gasteiger charge is 2.32. The molecule has 2 aromatic carbocycles. The van der Waals surface area contributed by atoms with E-state index in [1.54, 1.807) is 23.5 Å². The summed E-state index contributed by atoms with van der Waals surface area (Å²) in [6.45, 7) is 4.65. The second-order valence-corrected chi connectivity index (χ2v) is 13.2. The minimum atomic E-state index is -3.94. The first kappa shape index (κ1) is 31.0. The Morgan fingerprint density at radius 1 is 1.10 bits per heavy atom. The number of hydrogen-bond acceptors (Lipinski definition) is 8. The van der Waals surface area contributed by atoms with Crippen molar-refractivity contribution >= 4 is 27.5 Å². The first-order valence-electron chi connectivity index (χ1n) is 13.6. The number of aliphatic hydroxyl groups is 1. The molecule has 3 atom stereocenters. The lowest BCUT2D eigenvalue weighted by atomic mass is 9.99. The van der Waals surface area contributed by atoms with Gasteiger partial charge in [-0.1, -0.05) is 38.1 Å². The lowest BCUT2D eigenvalue weighted by Crippen LogP contribution is -2.51. The van der Waals surface area contributed by atoms with E-state index in [1.165, 1.54) is 23.5 Å². The number of carbonyl (C=O) groups excluding carboxylic acids is 1. The van der Waals surface area contributed by atoms with Crippen molar-refractivity contribution in [2.75, 3.05) is 33.4 Å². The fraction of sp³-hybridized carbons (Fsp3) is 0.433. The van der Waals surface area contributed by atoms with Crippen molar-refractivity contribution in [2.45, 2.75) is 49.8 Å². The van der Waals surface area contributed by atoms with Crippen molar-refractivity contribution in [3.63, 3.8) is 0 Å². The normalized spacial score (nSPS) is 17.0. The van der Waals surface area contributed by atoms with E-state index in [0.717, 1.165) is 16.7 Å². The number of amides is 1. The van der Waals surface area contributed by atoms with Crippen molar-refractivity contribution in [1.29, 1.82) is 0 Å². The number of nitrogens with zero attached hydrogens (tertiary/aromatic N) is 1. The summed E-state index contributed by atoms with van der Waals surface area (Å²) in [4.78, 5) is 12.9. The van der Waals surface area contributed by atoms with Gasteiger partial charge < -0.3 is 24.6 Å². The number of ether oxygens (including phenoxy) is 3. The van der Waals surface area contributed by atoms with Crippen LogP contribution in [0.15, 0.2) is 70.3 Å². The topological polar surface area (TPSA) is 114 Å². The summed E-state index contributed by atoms with van der Waals surface area (Å²) in [6, 6.07) is 15.3. The van der Waals surface area contributed by atoms with E-state index in [-0.39, 0.29) is 36.4 Å². The molecule has 0 bridgehead atoms. The Morgan fingerprint density at radius 3 is 2.41 bits per heavy atom. The highest BCUT2D eigenvalue weighted by Crippen LogP contribution is 2.24. The Hall–Kier alpha value is -2.96. The summed E-state index contributed by atoms with van der Waals surface area (Å²) in [5.41, 5.74) is 3.06. The summed E-state index contributed by atoms with van der Waals surface area (Å²) in [6.07, 6.45) is -1.36. The summed E-state index contributed by atoms with van der Waals surface area (Å²) in [5, 5.41) is 18.3. The van der Waals surface area contributed by atoms with Gasteiger partial charge in [-0.25, -0.2) is 13.2 Å². The van der Waals surface area contributed by atoms with Crippen molar-refractivity contribution < 1.29 is 32.5 Å². The Kier molecular flexibility index (Phi) is 10.8. The average Bonchev–Trinajstić information content (AvgIpc) is 3.67. The SMILES string of the molecule is COc1ccc(S(=O)(=O)N(CC(C)C)C[C@@H](O)[C@H](Cc2ccc(-c3ccsc3)cc2)NC(=O)O[C@H]2CCOC2)cc1. The number of hydrogen-bond donors (Lipinski definition) is 2. The Bertz CT molecular complexity index is 1340. The van der Waals surface area contributed by atoms with E-state index < -0.39 is 28.3 Å². The number of sulfonamides is 1. The number of thiophene rings is 1. The zero-order valence-electron chi connectivity index (χ0n) is 23.6. The number of methoxy groups -OCH3 is 1. The Labute approximate surface area is 246 Å². The average molecular weight is 603 g/mol. The summed E-state index contributed by atoms with van der Waals surface area (Å²) >= 11 is 1.62. The second-order valence-electron chi connectivity index (χ2n) is 10.5. The van der Waals surface area contributed by atoms with Gasteiger partial charge in [0.2, 0.25) is 10.0 Å². The van der Waals surface area contributed by atoms with Crippen molar-refractivity contribution in [3.05, 3.63) is 70.9 Å². The summed E-state index contributed by atoms with van der Waals surface area (Å²) in [5.74, 6) is 0.540. The molecular weight excluding hydrogens is 564 g/mol. The zero-order chi connectivity index (χ0) is 29.4. The van der Waals surface area contributed by atoms with E-state index in [4.69, 9.17) is 14.2 Å². The third-order valence-corrected chi connectivity index (χ3v) is 9.38. The lowest BCUT2D eigenvalue weighted by Gasteiger charge is -2.30. The molecule has 1 fully saturated rings. The van der Waals surface area contributed by atoms with Gasteiger partial charge >= 0.3 is 6.09 Å². The van der Waals surface area contributed by atoms with E-state index in [9.17, 15) is 18.3 Å². The molecule has 1 amide bonds. The standard InChI is InChI=1S/C30H38N2O7S2/c1-21(2)17-32(41(35,36)27-10-8-25(37-3)9-11-27)18-29(33)28(31-30(34)39-26-12-14-38-19-26)16-22-4-6-23(7-5-22)24-13-15-40-20-24/h4-11,13,15,20-21,26,28-29,33H,12,14,16-19H2,1-3H3,(H,31,34)/t26-,28-,29+/m0/s1. The molecule has 1 aliphatic heterocycles. The molecule has 41 heavy (non-hydrogen) atoms. The van der Waals surface area contributed by atoms with Crippen LogP contribution in [0.4, 0.5) is 4.79 Å². The molecule has 4 rings (SSSR count). The maximum absolute atomic E-state index is 13.6. The van der Waals surface area contributed by atoms with Crippen LogP contribution in [0.1, 0.15) is 25.8 Å². The molecule has 0 unspecified atom stereocenters. The predicted molar refractivity (Wildman–Crippen MR) is 159 cm³/mol. The molecule has 2 heterocycles. The molecule has 2 N–H and O–H groups in total. The van der Waals surface area contributed by atoms with Gasteiger partial charge in [0.25, 0.3) is 0 Å². The third kappa shape index (κ3) is 8.52. The van der Waals surface area contributed by atoms with E-state index in [2.05, 4.69) is 10.7 Å². The highest BCUT2D eigenvalue weighted by atomic mass is 32.2. The molecule has 1 aromatic heterocycles. The number of benzene rings is 2. The predicted octanol–water partition coefficient (Wildman–Crippen LogP) is 4.56. The molecule has 11 heteroatoms. The number of rotatable bonds is 13. The van der Waals surface area contributed by atoms with Gasteiger partial charge in [0.15, 0.2) is 0 Å². The monoisotopic (exact) mass is 602 g/mol. The fourth-order valence-corrected chi connectivity index (χ4v) is 6.94. The molecule has 0 aliphatic carbocycles. The first-order chi connectivity index (χ1) is 19.7. The van der Waals surface area contributed by atoms with Crippen LogP contribution in [0.2, 0.25) is 0 Å². The molecular formula is C30H38N2O7S2. The Morgan fingerprint density at radius 2 is 1.83 bits per heavy atom. The van der Waals surface area contributed by atoms with Gasteiger partial charge in [-0.05, 0) is 70.1 Å². The maximum atomic E-state index is 13.6. The number of carbonyl (C=O) groups is 1. The highest BCUT2D eigenvalue weighted by molar-refractivity contribution is 7.89. The van der Waals surface area contributed by atoms with Crippen LogP contribution >= 0.6 is 11.3 Å². The smallest absolute Gasteiger partial charge is 0.407 e. The quantitative estimate of drug-likeness (QED) is 0.295. The first-order valence-corrected chi connectivity index (χ1v) is 16.0. The molecule has 222 valence electrons. The molecule has 1 saturated heterocycles. The largest absolute Gasteiger partial charge is 0.497 e. The minimum absolute atomic E-state index is 0.00128. The van der Waals surface area contributed by atoms with Crippen LogP contribution in [0, 0.1) is 5.92 Å². The number of aliphatic hydroxyl groups excluding tert-OH is 1. The van der Waals surface area contributed by atoms with Crippen LogP contribution in [-0.4, -0.2) is 75.6 Å². The van der Waals surface area contributed by atoms with Crippen LogP contribution in [0.3, 0.4) is 0 Å². The van der Waals surface area contributed by atoms with Crippen LogP contribution in [0.25, 0.3) is 11.1 Å². The number of alkyl carbamates (subject to hydrolysis) is 1. The fourth-order valence-electron chi connectivity index (χ4n) is 4.65. The van der Waals surface area contributed by atoms with E-state index >= 15 is 0 Å². The minimum Gasteiger partial charge on any atom is -0.497 e. The van der Waals surface area contributed by atoms with Crippen molar-refractivity contribution in [1.82, 2.24) is 9.62 Å². The van der Waals surface area contributed by atoms with Gasteiger partial charge in [-0.15, -0.1) is 0 Å². The second kappa shape index (κ2) is 14.3. The van der Waals surface area contributed by atoms with Crippen LogP contribution < -0.4 is 10.1 Å². The Balaban J connectivity index is 1.54. The van der Waals surface area contributed by atoms with Gasteiger partial charge in [0.05, 0.1) is 37.4 Å². The number of nitrogens with one attached hydrogen (secondary N) is 1. The van der Waals surface area contributed by atoms with Crippen molar-refractivity contribution in [3.8, 4) is 16.9 Å². The van der Waals surface area contributed by atoms with Gasteiger partial charge in [-0.3, -0.25) is 0 Å². The molecule has 3 aromatic rings. The van der Waals surface area contributed by atoms with E-state index in [0.29, 0.717) is 25.4 Å². The van der Waals surface area contributed by atoms with Crippen LogP contribution in [0.5, 0.6) is 5.75 Å². The van der Waals surface area contributed by atoms with E-state index in [1.807, 2.05) is 49.6 Å². The van der Waals surface area contributed by atoms with Gasteiger partial charge in [-0.2, -0.15) is 15.6 Å². The third-order valence-electron chi connectivity index (χ3n) is 6.85. The molecule has 1 aliphatic rings. The molecule has 0 radical (unpaired) electrons. The lowest BCUT2D eigenvalue weighted by molar-refractivity contribution is 0.0644. The van der Waals surface area contributed by atoms with Crippen LogP contribution in [-0.2, 0) is 25.9 Å². The molecule has 0 spiro atoms. The molecule has 0 saturated carbocycles. The molecule has 9 nitrogen and oxygen atoms in total. The summed E-state index contributed by atoms with van der Waals surface area (Å²) in [7, 11) is -2.43.